The summed E-state index contributed by atoms with van der Waals surface area (Å²) in [5, 5.41) is 0.589. The van der Waals surface area contributed by atoms with Crippen molar-refractivity contribution >= 4 is 17.4 Å². The molecule has 1 fully saturated rings. The van der Waals surface area contributed by atoms with Crippen LogP contribution >= 0.6 is 11.6 Å². The summed E-state index contributed by atoms with van der Waals surface area (Å²) in [7, 11) is 1.65. The number of halogens is 1. The zero-order valence-electron chi connectivity index (χ0n) is 12.4. The normalized spacial score (nSPS) is 26.1. The molecule has 0 bridgehead atoms. The lowest BCUT2D eigenvalue weighted by molar-refractivity contribution is 0.0744. The second-order valence-corrected chi connectivity index (χ2v) is 6.83. The zero-order chi connectivity index (χ0) is 14.5. The van der Waals surface area contributed by atoms with E-state index >= 15 is 0 Å². The van der Waals surface area contributed by atoms with Crippen LogP contribution in [0.3, 0.4) is 0 Å². The number of benzene rings is 1. The summed E-state index contributed by atoms with van der Waals surface area (Å²) in [4.78, 5) is 13.0. The van der Waals surface area contributed by atoms with E-state index in [2.05, 4.69) is 6.92 Å². The van der Waals surface area contributed by atoms with Gasteiger partial charge in [-0.05, 0) is 43.7 Å². The Hall–Kier alpha value is -1.02. The highest BCUT2D eigenvalue weighted by atomic mass is 35.5. The van der Waals surface area contributed by atoms with E-state index in [9.17, 15) is 4.79 Å². The number of rotatable bonds is 2. The third-order valence-corrected chi connectivity index (χ3v) is 5.80. The summed E-state index contributed by atoms with van der Waals surface area (Å²) in [5.74, 6) is 1.54. The molecule has 2 aliphatic carbocycles. The molecule has 1 saturated carbocycles. The van der Waals surface area contributed by atoms with Gasteiger partial charge in [0.2, 0.25) is 0 Å². The van der Waals surface area contributed by atoms with Gasteiger partial charge in [0.25, 0.3) is 0 Å². The quantitative estimate of drug-likeness (QED) is 0.797. The molecule has 0 amide bonds. The summed E-state index contributed by atoms with van der Waals surface area (Å²) in [6.45, 7) is 4.05. The van der Waals surface area contributed by atoms with Gasteiger partial charge in [-0.25, -0.2) is 0 Å². The Morgan fingerprint density at radius 2 is 2.00 bits per heavy atom. The van der Waals surface area contributed by atoms with Gasteiger partial charge in [0.05, 0.1) is 12.1 Å². The van der Waals surface area contributed by atoms with Gasteiger partial charge >= 0.3 is 0 Å². The number of carbonyl (C=O) groups excluding carboxylic acids is 1. The van der Waals surface area contributed by atoms with Crippen LogP contribution in [0.5, 0.6) is 5.75 Å². The molecule has 1 aromatic carbocycles. The van der Waals surface area contributed by atoms with E-state index < -0.39 is 0 Å². The number of ether oxygens (including phenoxy) is 1. The lowest BCUT2D eigenvalue weighted by atomic mass is 9.73. The number of carbonyl (C=O) groups is 1. The second kappa shape index (κ2) is 4.77. The maximum Gasteiger partial charge on any atom is 0.171 e. The van der Waals surface area contributed by atoms with Crippen molar-refractivity contribution in [2.75, 3.05) is 7.11 Å². The van der Waals surface area contributed by atoms with E-state index in [4.69, 9.17) is 16.3 Å². The predicted octanol–water partition coefficient (Wildman–Crippen LogP) is 4.59. The highest BCUT2D eigenvalue weighted by molar-refractivity contribution is 6.35. The molecule has 0 aliphatic heterocycles. The predicted molar refractivity (Wildman–Crippen MR) is 80.8 cm³/mol. The SMILES string of the molecule is COc1cc2c(c(Cl)c1C)C(=O)[C@](C)(C1CCCC1)C2. The highest BCUT2D eigenvalue weighted by Gasteiger charge is 2.48. The van der Waals surface area contributed by atoms with Crippen molar-refractivity contribution in [1.29, 1.82) is 0 Å². The van der Waals surface area contributed by atoms with Crippen LogP contribution in [0.4, 0.5) is 0 Å². The van der Waals surface area contributed by atoms with Gasteiger partial charge in [-0.2, -0.15) is 0 Å². The number of hydrogen-bond donors (Lipinski definition) is 0. The van der Waals surface area contributed by atoms with Crippen LogP contribution in [-0.2, 0) is 6.42 Å². The number of methoxy groups -OCH3 is 1. The van der Waals surface area contributed by atoms with Gasteiger partial charge in [-0.3, -0.25) is 4.79 Å². The molecule has 0 heterocycles. The molecule has 0 spiro atoms. The first-order chi connectivity index (χ1) is 9.49. The molecule has 2 nitrogen and oxygen atoms in total. The molecule has 108 valence electrons. The largest absolute Gasteiger partial charge is 0.496 e. The first-order valence-corrected chi connectivity index (χ1v) is 7.77. The van der Waals surface area contributed by atoms with Gasteiger partial charge in [-0.15, -0.1) is 0 Å². The van der Waals surface area contributed by atoms with Gasteiger partial charge < -0.3 is 4.74 Å². The Kier molecular flexibility index (Phi) is 3.32. The Balaban J connectivity index is 2.08. The Morgan fingerprint density at radius 1 is 1.35 bits per heavy atom. The first-order valence-electron chi connectivity index (χ1n) is 7.40. The van der Waals surface area contributed by atoms with Crippen molar-refractivity contribution < 1.29 is 9.53 Å². The lowest BCUT2D eigenvalue weighted by Crippen LogP contribution is -2.32. The van der Waals surface area contributed by atoms with Crippen LogP contribution in [0.2, 0.25) is 5.02 Å². The minimum absolute atomic E-state index is 0.246. The van der Waals surface area contributed by atoms with E-state index in [0.717, 1.165) is 28.9 Å². The van der Waals surface area contributed by atoms with Gasteiger partial charge in [0, 0.05) is 16.5 Å². The fourth-order valence-corrected chi connectivity index (χ4v) is 4.33. The third kappa shape index (κ3) is 1.81. The summed E-state index contributed by atoms with van der Waals surface area (Å²) in [6.07, 6.45) is 5.65. The van der Waals surface area contributed by atoms with E-state index in [1.54, 1.807) is 7.11 Å². The molecule has 0 radical (unpaired) electrons. The molecule has 0 unspecified atom stereocenters. The second-order valence-electron chi connectivity index (χ2n) is 6.46. The minimum Gasteiger partial charge on any atom is -0.496 e. The van der Waals surface area contributed by atoms with Crippen LogP contribution in [0.15, 0.2) is 6.07 Å². The molecule has 3 rings (SSSR count). The van der Waals surface area contributed by atoms with Crippen molar-refractivity contribution in [3.05, 3.63) is 27.8 Å². The van der Waals surface area contributed by atoms with Gasteiger partial charge in [0.1, 0.15) is 5.75 Å². The molecule has 2 aliphatic rings. The average Bonchev–Trinajstić information content (AvgIpc) is 3.03. The first kappa shape index (κ1) is 13.9. The van der Waals surface area contributed by atoms with E-state index in [-0.39, 0.29) is 11.2 Å². The molecule has 0 aromatic heterocycles. The Morgan fingerprint density at radius 3 is 2.60 bits per heavy atom. The van der Waals surface area contributed by atoms with Crippen molar-refractivity contribution in [3.8, 4) is 5.75 Å². The maximum absolute atomic E-state index is 13.0. The summed E-state index contributed by atoms with van der Waals surface area (Å²) in [5.41, 5.74) is 2.43. The number of hydrogen-bond acceptors (Lipinski definition) is 2. The smallest absolute Gasteiger partial charge is 0.171 e. The molecule has 0 N–H and O–H groups in total. The summed E-state index contributed by atoms with van der Waals surface area (Å²) < 4.78 is 5.38. The minimum atomic E-state index is -0.263. The Bertz CT molecular complexity index is 573. The molecule has 0 saturated heterocycles. The molecule has 1 atom stereocenters. The van der Waals surface area contributed by atoms with Crippen LogP contribution in [0.1, 0.15) is 54.1 Å². The lowest BCUT2D eigenvalue weighted by Gasteiger charge is -2.29. The molecule has 3 heteroatoms. The average molecular weight is 293 g/mol. The maximum atomic E-state index is 13.0. The van der Waals surface area contributed by atoms with Gasteiger partial charge in [0.15, 0.2) is 5.78 Å². The third-order valence-electron chi connectivity index (χ3n) is 5.32. The van der Waals surface area contributed by atoms with Crippen molar-refractivity contribution in [3.63, 3.8) is 0 Å². The zero-order valence-corrected chi connectivity index (χ0v) is 13.1. The topological polar surface area (TPSA) is 26.3 Å². The van der Waals surface area contributed by atoms with Crippen LogP contribution in [0.25, 0.3) is 0 Å². The van der Waals surface area contributed by atoms with Gasteiger partial charge in [-0.1, -0.05) is 31.4 Å². The molecular formula is C17H21ClO2. The summed E-state index contributed by atoms with van der Waals surface area (Å²) in [6, 6.07) is 2.01. The van der Waals surface area contributed by atoms with E-state index in [0.29, 0.717) is 10.9 Å². The standard InChI is InChI=1S/C17H21ClO2/c1-10-13(20-3)8-11-9-17(2,12-6-4-5-7-12)16(19)14(11)15(10)18/h8,12H,4-7,9H2,1-3H3/t17-/m0/s1. The molecule has 20 heavy (non-hydrogen) atoms. The number of ketones is 1. The van der Waals surface area contributed by atoms with Crippen LogP contribution in [0, 0.1) is 18.3 Å². The van der Waals surface area contributed by atoms with Crippen molar-refractivity contribution in [1.82, 2.24) is 0 Å². The van der Waals surface area contributed by atoms with E-state index in [1.807, 2.05) is 13.0 Å². The van der Waals surface area contributed by atoms with Crippen LogP contribution in [-0.4, -0.2) is 12.9 Å². The summed E-state index contributed by atoms with van der Waals surface area (Å²) >= 11 is 6.45. The molecule has 1 aromatic rings. The van der Waals surface area contributed by atoms with Crippen LogP contribution < -0.4 is 4.74 Å². The number of Topliss-reactive ketones (excluding diaryl/α,β-unsaturated/α-hetero) is 1. The fraction of sp³-hybridized carbons (Fsp3) is 0.588. The van der Waals surface area contributed by atoms with Crippen molar-refractivity contribution in [2.45, 2.75) is 46.0 Å². The Labute approximate surface area is 125 Å². The highest BCUT2D eigenvalue weighted by Crippen LogP contribution is 2.51. The fourth-order valence-electron chi connectivity index (χ4n) is 4.03. The van der Waals surface area contributed by atoms with Crippen molar-refractivity contribution in [2.24, 2.45) is 11.3 Å². The van der Waals surface area contributed by atoms with E-state index in [1.165, 1.54) is 25.7 Å². The molecular weight excluding hydrogens is 272 g/mol. The number of fused-ring (bicyclic) bond motifs is 1. The monoisotopic (exact) mass is 292 g/mol.